The number of nitrogens with zero attached hydrogens (tertiary/aromatic N) is 3. The molecule has 0 saturated carbocycles. The number of carbonyl (C=O) groups excluding carboxylic acids is 1. The summed E-state index contributed by atoms with van der Waals surface area (Å²) in [6.07, 6.45) is 4.00. The summed E-state index contributed by atoms with van der Waals surface area (Å²) in [6, 6.07) is 19.0. The molecule has 2 aliphatic rings. The van der Waals surface area contributed by atoms with Crippen molar-refractivity contribution >= 4 is 48.4 Å². The highest BCUT2D eigenvalue weighted by Gasteiger charge is 2.29. The molecule has 0 unspecified atom stereocenters. The lowest BCUT2D eigenvalue weighted by Gasteiger charge is -2.30. The van der Waals surface area contributed by atoms with Crippen LogP contribution in [0.15, 0.2) is 71.6 Å². The Morgan fingerprint density at radius 2 is 1.69 bits per heavy atom. The standard InChI is InChI=1S/C27H25N3O4S2/c31-26(34-21-11-14-23-25(18-21)35-27(28-23)29-15-3-4-16-29)20-9-12-22(13-10-20)36(32,33)30-17-5-7-19-6-1-2-8-24(19)30/h1-2,6,8-14,18H,3-5,7,15-17H2. The van der Waals surface area contributed by atoms with Gasteiger partial charge in [-0.1, -0.05) is 29.5 Å². The zero-order valence-corrected chi connectivity index (χ0v) is 21.2. The highest BCUT2D eigenvalue weighted by atomic mass is 32.2. The molecule has 0 spiro atoms. The monoisotopic (exact) mass is 519 g/mol. The molecule has 184 valence electrons. The van der Waals surface area contributed by atoms with Gasteiger partial charge < -0.3 is 9.64 Å². The van der Waals surface area contributed by atoms with Crippen LogP contribution in [-0.4, -0.2) is 39.0 Å². The molecule has 4 aromatic rings. The van der Waals surface area contributed by atoms with Crippen molar-refractivity contribution in [2.45, 2.75) is 30.6 Å². The Labute approximate surface area is 214 Å². The van der Waals surface area contributed by atoms with E-state index in [4.69, 9.17) is 9.72 Å². The Balaban J connectivity index is 1.19. The molecule has 7 nitrogen and oxygen atoms in total. The number of benzene rings is 3. The number of hydrogen-bond acceptors (Lipinski definition) is 7. The number of hydrogen-bond donors (Lipinski definition) is 0. The fourth-order valence-electron chi connectivity index (χ4n) is 4.80. The number of anilines is 2. The van der Waals surface area contributed by atoms with Gasteiger partial charge in [-0.3, -0.25) is 4.31 Å². The highest BCUT2D eigenvalue weighted by Crippen LogP contribution is 2.34. The molecule has 6 rings (SSSR count). The molecule has 9 heteroatoms. The van der Waals surface area contributed by atoms with Crippen molar-refractivity contribution in [3.8, 4) is 5.75 Å². The SMILES string of the molecule is O=C(Oc1ccc2nc(N3CCCC3)sc2c1)c1ccc(S(=O)(=O)N2CCCc3ccccc32)cc1. The molecule has 0 atom stereocenters. The molecule has 36 heavy (non-hydrogen) atoms. The van der Waals surface area contributed by atoms with Crippen LogP contribution in [0.1, 0.15) is 35.2 Å². The Morgan fingerprint density at radius 3 is 2.50 bits per heavy atom. The number of carbonyl (C=O) groups is 1. The number of fused-ring (bicyclic) bond motifs is 2. The third-order valence-corrected chi connectivity index (χ3v) is 9.59. The van der Waals surface area contributed by atoms with Crippen LogP contribution in [0.2, 0.25) is 0 Å². The lowest BCUT2D eigenvalue weighted by atomic mass is 10.0. The zero-order valence-electron chi connectivity index (χ0n) is 19.6. The molecule has 0 bridgehead atoms. The summed E-state index contributed by atoms with van der Waals surface area (Å²) in [5, 5.41) is 0.999. The van der Waals surface area contributed by atoms with E-state index in [1.54, 1.807) is 17.4 Å². The van der Waals surface area contributed by atoms with Crippen molar-refractivity contribution in [1.82, 2.24) is 4.98 Å². The number of aromatic nitrogens is 1. The van der Waals surface area contributed by atoms with Crippen LogP contribution in [0.3, 0.4) is 0 Å². The van der Waals surface area contributed by atoms with E-state index in [0.717, 1.165) is 52.5 Å². The summed E-state index contributed by atoms with van der Waals surface area (Å²) >= 11 is 1.60. The van der Waals surface area contributed by atoms with Crippen molar-refractivity contribution in [2.75, 3.05) is 28.8 Å². The minimum absolute atomic E-state index is 0.149. The van der Waals surface area contributed by atoms with E-state index in [-0.39, 0.29) is 10.5 Å². The van der Waals surface area contributed by atoms with Gasteiger partial charge in [-0.05, 0) is 73.7 Å². The molecule has 0 N–H and O–H groups in total. The largest absolute Gasteiger partial charge is 0.423 e. The van der Waals surface area contributed by atoms with Gasteiger partial charge in [0.1, 0.15) is 5.75 Å². The summed E-state index contributed by atoms with van der Waals surface area (Å²) in [5.74, 6) is -0.100. The van der Waals surface area contributed by atoms with Gasteiger partial charge >= 0.3 is 5.97 Å². The number of rotatable bonds is 5. The molecule has 3 heterocycles. The summed E-state index contributed by atoms with van der Waals surface area (Å²) < 4.78 is 34.7. The topological polar surface area (TPSA) is 79.8 Å². The predicted octanol–water partition coefficient (Wildman–Crippen LogP) is 5.26. The molecule has 0 aliphatic carbocycles. The molecule has 1 aromatic heterocycles. The Morgan fingerprint density at radius 1 is 0.917 bits per heavy atom. The number of ether oxygens (including phenoxy) is 1. The number of thiazole rings is 1. The highest BCUT2D eigenvalue weighted by molar-refractivity contribution is 7.92. The van der Waals surface area contributed by atoms with Gasteiger partial charge in [0.25, 0.3) is 10.0 Å². The van der Waals surface area contributed by atoms with Gasteiger partial charge in [0.05, 0.1) is 26.4 Å². The second-order valence-electron chi connectivity index (χ2n) is 9.04. The van der Waals surface area contributed by atoms with Gasteiger partial charge in [-0.2, -0.15) is 0 Å². The van der Waals surface area contributed by atoms with E-state index in [1.807, 2.05) is 36.4 Å². The predicted molar refractivity (Wildman–Crippen MR) is 142 cm³/mol. The minimum Gasteiger partial charge on any atom is -0.423 e. The first-order chi connectivity index (χ1) is 17.5. The van der Waals surface area contributed by atoms with Crippen LogP contribution in [0.25, 0.3) is 10.2 Å². The lowest BCUT2D eigenvalue weighted by Crippen LogP contribution is -2.35. The van der Waals surface area contributed by atoms with E-state index in [9.17, 15) is 13.2 Å². The molecular formula is C27H25N3O4S2. The van der Waals surface area contributed by atoms with E-state index >= 15 is 0 Å². The zero-order chi connectivity index (χ0) is 24.7. The fraction of sp³-hybridized carbons (Fsp3) is 0.259. The van der Waals surface area contributed by atoms with Crippen molar-refractivity contribution in [2.24, 2.45) is 0 Å². The Hall–Kier alpha value is -3.43. The molecular weight excluding hydrogens is 494 g/mol. The van der Waals surface area contributed by atoms with Crippen LogP contribution >= 0.6 is 11.3 Å². The minimum atomic E-state index is -3.73. The van der Waals surface area contributed by atoms with E-state index in [2.05, 4.69) is 4.90 Å². The Bertz CT molecular complexity index is 1540. The summed E-state index contributed by atoms with van der Waals surface area (Å²) in [7, 11) is -3.73. The van der Waals surface area contributed by atoms with Crippen molar-refractivity contribution in [1.29, 1.82) is 0 Å². The van der Waals surface area contributed by atoms with Gasteiger partial charge in [0, 0.05) is 25.7 Å². The molecule has 0 amide bonds. The van der Waals surface area contributed by atoms with E-state index in [0.29, 0.717) is 12.3 Å². The number of sulfonamides is 1. The maximum atomic E-state index is 13.3. The first kappa shape index (κ1) is 23.0. The van der Waals surface area contributed by atoms with E-state index in [1.165, 1.54) is 41.4 Å². The molecule has 0 radical (unpaired) electrons. The van der Waals surface area contributed by atoms with Crippen LogP contribution in [0, 0.1) is 0 Å². The van der Waals surface area contributed by atoms with Gasteiger partial charge in [0.15, 0.2) is 5.13 Å². The van der Waals surface area contributed by atoms with Gasteiger partial charge in [0.2, 0.25) is 0 Å². The van der Waals surface area contributed by atoms with Gasteiger partial charge in [-0.15, -0.1) is 0 Å². The molecule has 2 aliphatic heterocycles. The number of para-hydroxylation sites is 1. The van der Waals surface area contributed by atoms with Crippen LogP contribution in [0.4, 0.5) is 10.8 Å². The van der Waals surface area contributed by atoms with Crippen molar-refractivity contribution < 1.29 is 17.9 Å². The van der Waals surface area contributed by atoms with Crippen molar-refractivity contribution in [3.05, 3.63) is 77.9 Å². The maximum Gasteiger partial charge on any atom is 0.343 e. The molecule has 1 saturated heterocycles. The summed E-state index contributed by atoms with van der Waals surface area (Å²) in [4.78, 5) is 19.9. The second-order valence-corrected chi connectivity index (χ2v) is 11.9. The maximum absolute atomic E-state index is 13.3. The van der Waals surface area contributed by atoms with Crippen LogP contribution in [-0.2, 0) is 16.4 Å². The van der Waals surface area contributed by atoms with E-state index < -0.39 is 16.0 Å². The average molecular weight is 520 g/mol. The third kappa shape index (κ3) is 4.22. The van der Waals surface area contributed by atoms with Crippen LogP contribution < -0.4 is 13.9 Å². The average Bonchev–Trinajstić information content (AvgIpc) is 3.58. The number of aryl methyl sites for hydroxylation is 1. The first-order valence-corrected chi connectivity index (χ1v) is 14.3. The summed E-state index contributed by atoms with van der Waals surface area (Å²) in [6.45, 7) is 2.48. The molecule has 1 fully saturated rings. The Kier molecular flexibility index (Phi) is 5.89. The van der Waals surface area contributed by atoms with Crippen LogP contribution in [0.5, 0.6) is 5.75 Å². The first-order valence-electron chi connectivity index (χ1n) is 12.1. The van der Waals surface area contributed by atoms with Gasteiger partial charge in [-0.25, -0.2) is 18.2 Å². The molecule has 3 aromatic carbocycles. The smallest absolute Gasteiger partial charge is 0.343 e. The number of esters is 1. The third-order valence-electron chi connectivity index (χ3n) is 6.68. The second kappa shape index (κ2) is 9.22. The summed E-state index contributed by atoms with van der Waals surface area (Å²) in [5.41, 5.74) is 2.92. The fourth-order valence-corrected chi connectivity index (χ4v) is 7.39. The lowest BCUT2D eigenvalue weighted by molar-refractivity contribution is 0.0735. The van der Waals surface area contributed by atoms with Crippen molar-refractivity contribution in [3.63, 3.8) is 0 Å². The quantitative estimate of drug-likeness (QED) is 0.264. The normalized spacial score (nSPS) is 15.8.